The summed E-state index contributed by atoms with van der Waals surface area (Å²) < 4.78 is 13.3. The number of hydrogen-bond acceptors (Lipinski definition) is 6. The second kappa shape index (κ2) is 10.3. The predicted molar refractivity (Wildman–Crippen MR) is 107 cm³/mol. The van der Waals surface area contributed by atoms with Crippen LogP contribution in [0.2, 0.25) is 0 Å². The van der Waals surface area contributed by atoms with E-state index in [9.17, 15) is 14.0 Å². The van der Waals surface area contributed by atoms with Gasteiger partial charge in [0.2, 0.25) is 0 Å². The SMILES string of the molecule is Cc1cc(-c2n[nH][n+](CCCNCC(=O)O)n2)cc(C(=O)NCc2cccc(F)c2)n1. The molecule has 0 atom stereocenters. The van der Waals surface area contributed by atoms with Crippen molar-refractivity contribution in [2.24, 2.45) is 0 Å². The number of nitrogens with one attached hydrogen (secondary N) is 3. The number of rotatable bonds is 10. The number of aromatic nitrogens is 5. The third-order valence-corrected chi connectivity index (χ3v) is 4.27. The first-order valence-electron chi connectivity index (χ1n) is 9.67. The summed E-state index contributed by atoms with van der Waals surface area (Å²) in [6, 6.07) is 9.37. The van der Waals surface area contributed by atoms with Crippen molar-refractivity contribution in [3.63, 3.8) is 0 Å². The summed E-state index contributed by atoms with van der Waals surface area (Å²) in [5.74, 6) is -1.25. The average molecular weight is 428 g/mol. The number of benzene rings is 1. The van der Waals surface area contributed by atoms with E-state index >= 15 is 0 Å². The number of H-pyrrole nitrogens is 1. The van der Waals surface area contributed by atoms with Crippen LogP contribution in [0, 0.1) is 12.7 Å². The molecule has 0 bridgehead atoms. The number of aliphatic carboxylic acids is 1. The lowest BCUT2D eigenvalue weighted by Crippen LogP contribution is -2.40. The molecule has 0 saturated carbocycles. The summed E-state index contributed by atoms with van der Waals surface area (Å²) in [5, 5.41) is 25.4. The van der Waals surface area contributed by atoms with Crippen LogP contribution in [0.4, 0.5) is 4.39 Å². The molecule has 0 saturated heterocycles. The van der Waals surface area contributed by atoms with Crippen molar-refractivity contribution in [3.8, 4) is 11.4 Å². The fourth-order valence-corrected chi connectivity index (χ4v) is 2.87. The average Bonchev–Trinajstić information content (AvgIpc) is 3.20. The Morgan fingerprint density at radius 2 is 2.10 bits per heavy atom. The van der Waals surface area contributed by atoms with E-state index < -0.39 is 5.97 Å². The highest BCUT2D eigenvalue weighted by atomic mass is 19.1. The minimum Gasteiger partial charge on any atom is -0.480 e. The Hall–Kier alpha value is -3.73. The number of carboxylic acids is 1. The Balaban J connectivity index is 1.62. The molecular formula is C20H23FN7O3+. The first-order chi connectivity index (χ1) is 14.9. The van der Waals surface area contributed by atoms with E-state index in [4.69, 9.17) is 5.11 Å². The summed E-state index contributed by atoms with van der Waals surface area (Å²) in [6.45, 7) is 2.90. The first-order valence-corrected chi connectivity index (χ1v) is 9.67. The van der Waals surface area contributed by atoms with Crippen molar-refractivity contribution < 1.29 is 23.9 Å². The second-order valence-corrected chi connectivity index (χ2v) is 6.88. The normalized spacial score (nSPS) is 10.8. The Kier molecular flexibility index (Phi) is 7.33. The van der Waals surface area contributed by atoms with Crippen molar-refractivity contribution in [1.82, 2.24) is 31.0 Å². The molecule has 31 heavy (non-hydrogen) atoms. The number of aryl methyl sites for hydroxylation is 2. The number of amides is 1. The standard InChI is InChI=1S/C20H22FN7O3/c1-13-8-15(19-25-27-28(26-19)7-3-6-22-12-18(29)30)10-17(24-13)20(31)23-11-14-4-2-5-16(21)9-14/h2,4-5,8-10,22H,3,6-7,11-12H2,1H3,(H2,23,29,30,31)/p+1. The highest BCUT2D eigenvalue weighted by Crippen LogP contribution is 2.15. The van der Waals surface area contributed by atoms with E-state index in [1.165, 1.54) is 16.9 Å². The van der Waals surface area contributed by atoms with Crippen molar-refractivity contribution in [3.05, 3.63) is 59.2 Å². The van der Waals surface area contributed by atoms with Gasteiger partial charge < -0.3 is 15.7 Å². The third kappa shape index (κ3) is 6.64. The molecule has 0 aliphatic heterocycles. The van der Waals surface area contributed by atoms with Gasteiger partial charge >= 0.3 is 11.8 Å². The maximum absolute atomic E-state index is 13.3. The number of nitrogens with zero attached hydrogens (tertiary/aromatic N) is 4. The van der Waals surface area contributed by atoms with Gasteiger partial charge in [0.15, 0.2) is 0 Å². The molecule has 2 aromatic heterocycles. The summed E-state index contributed by atoms with van der Waals surface area (Å²) in [5.41, 5.74) is 2.11. The predicted octanol–water partition coefficient (Wildman–Crippen LogP) is 0.596. The third-order valence-electron chi connectivity index (χ3n) is 4.27. The minimum absolute atomic E-state index is 0.0906. The number of hydrogen-bond donors (Lipinski definition) is 4. The quantitative estimate of drug-likeness (QED) is 0.274. The van der Waals surface area contributed by atoms with Gasteiger partial charge in [0.1, 0.15) is 18.1 Å². The molecule has 162 valence electrons. The van der Waals surface area contributed by atoms with Gasteiger partial charge in [-0.25, -0.2) is 9.37 Å². The van der Waals surface area contributed by atoms with Crippen LogP contribution < -0.4 is 15.4 Å². The number of carbonyl (C=O) groups excluding carboxylic acids is 1. The molecule has 3 rings (SSSR count). The van der Waals surface area contributed by atoms with Crippen LogP contribution in [0.1, 0.15) is 28.2 Å². The van der Waals surface area contributed by atoms with Crippen LogP contribution in [0.25, 0.3) is 11.4 Å². The van der Waals surface area contributed by atoms with Crippen LogP contribution in [-0.2, 0) is 17.9 Å². The summed E-state index contributed by atoms with van der Waals surface area (Å²) in [7, 11) is 0. The monoisotopic (exact) mass is 428 g/mol. The van der Waals surface area contributed by atoms with Crippen molar-refractivity contribution in [2.75, 3.05) is 13.1 Å². The van der Waals surface area contributed by atoms with Gasteiger partial charge in [-0.2, -0.15) is 0 Å². The Labute approximate surface area is 177 Å². The highest BCUT2D eigenvalue weighted by Gasteiger charge is 2.18. The van der Waals surface area contributed by atoms with Gasteiger partial charge in [0, 0.05) is 18.7 Å². The van der Waals surface area contributed by atoms with Crippen LogP contribution in [0.5, 0.6) is 0 Å². The molecule has 1 aromatic carbocycles. The lowest BCUT2D eigenvalue weighted by Gasteiger charge is -2.06. The Morgan fingerprint density at radius 1 is 1.26 bits per heavy atom. The highest BCUT2D eigenvalue weighted by molar-refractivity contribution is 5.93. The van der Waals surface area contributed by atoms with E-state index in [2.05, 4.69) is 31.0 Å². The van der Waals surface area contributed by atoms with Gasteiger partial charge in [0.25, 0.3) is 5.91 Å². The second-order valence-electron chi connectivity index (χ2n) is 6.88. The van der Waals surface area contributed by atoms with Crippen molar-refractivity contribution >= 4 is 11.9 Å². The number of aromatic amines is 1. The molecule has 0 spiro atoms. The largest absolute Gasteiger partial charge is 0.480 e. The minimum atomic E-state index is -0.904. The molecule has 10 nitrogen and oxygen atoms in total. The number of halogens is 1. The van der Waals surface area contributed by atoms with Crippen LogP contribution in [0.15, 0.2) is 36.4 Å². The van der Waals surface area contributed by atoms with E-state index in [-0.39, 0.29) is 30.5 Å². The molecule has 0 aliphatic carbocycles. The number of carbonyl (C=O) groups is 2. The topological polar surface area (TPSA) is 137 Å². The van der Waals surface area contributed by atoms with Gasteiger partial charge in [-0.05, 0) is 53.6 Å². The zero-order valence-corrected chi connectivity index (χ0v) is 16.9. The van der Waals surface area contributed by atoms with Crippen molar-refractivity contribution in [2.45, 2.75) is 26.4 Å². The number of pyridine rings is 1. The molecule has 0 unspecified atom stereocenters. The van der Waals surface area contributed by atoms with E-state index in [1.54, 1.807) is 31.2 Å². The smallest absolute Gasteiger partial charge is 0.338 e. The number of carboxylic acid groups (broad SMARTS) is 1. The summed E-state index contributed by atoms with van der Waals surface area (Å²) in [6.07, 6.45) is 0.662. The molecule has 0 aliphatic rings. The lowest BCUT2D eigenvalue weighted by atomic mass is 10.1. The van der Waals surface area contributed by atoms with E-state index in [0.717, 1.165) is 0 Å². The maximum Gasteiger partial charge on any atom is 0.338 e. The van der Waals surface area contributed by atoms with Crippen LogP contribution >= 0.6 is 0 Å². The fraction of sp³-hybridized carbons (Fsp3) is 0.300. The van der Waals surface area contributed by atoms with Crippen LogP contribution in [0.3, 0.4) is 0 Å². The lowest BCUT2D eigenvalue weighted by molar-refractivity contribution is -0.805. The van der Waals surface area contributed by atoms with Gasteiger partial charge in [-0.1, -0.05) is 16.9 Å². The molecule has 3 aromatic rings. The summed E-state index contributed by atoms with van der Waals surface area (Å²) in [4.78, 5) is 28.8. The van der Waals surface area contributed by atoms with Crippen molar-refractivity contribution in [1.29, 1.82) is 0 Å². The number of tetrazole rings is 1. The zero-order valence-electron chi connectivity index (χ0n) is 16.9. The first kappa shape index (κ1) is 22.0. The molecule has 11 heteroatoms. The molecular weight excluding hydrogens is 405 g/mol. The molecule has 0 fully saturated rings. The molecule has 2 heterocycles. The van der Waals surface area contributed by atoms with E-state index in [1.807, 2.05) is 0 Å². The van der Waals surface area contributed by atoms with Gasteiger partial charge in [0.05, 0.1) is 17.2 Å². The van der Waals surface area contributed by atoms with Crippen LogP contribution in [-0.4, -0.2) is 50.5 Å². The maximum atomic E-state index is 13.3. The molecule has 0 radical (unpaired) electrons. The van der Waals surface area contributed by atoms with Gasteiger partial charge in [-0.3, -0.25) is 9.59 Å². The zero-order chi connectivity index (χ0) is 22.2. The molecule has 4 N–H and O–H groups in total. The Bertz CT molecular complexity index is 1070. The van der Waals surface area contributed by atoms with E-state index in [0.29, 0.717) is 42.2 Å². The molecule has 1 amide bonds. The fourth-order valence-electron chi connectivity index (χ4n) is 2.87. The van der Waals surface area contributed by atoms with Gasteiger partial charge in [-0.15, -0.1) is 0 Å². The Morgan fingerprint density at radius 3 is 2.87 bits per heavy atom. The summed E-state index contributed by atoms with van der Waals surface area (Å²) >= 11 is 0.